The van der Waals surface area contributed by atoms with Gasteiger partial charge in [0.2, 0.25) is 0 Å². The summed E-state index contributed by atoms with van der Waals surface area (Å²) in [4.78, 5) is 54.5. The van der Waals surface area contributed by atoms with Crippen LogP contribution in [-0.2, 0) is 41.8 Å². The Labute approximate surface area is 864 Å². The van der Waals surface area contributed by atoms with Crippen molar-refractivity contribution >= 4 is 76.1 Å². The van der Waals surface area contributed by atoms with Gasteiger partial charge < -0.3 is 108 Å². The molecule has 3 saturated heterocycles. The monoisotopic (exact) mass is 2060 g/mol. The molecule has 3 radical (unpaired) electrons. The van der Waals surface area contributed by atoms with Crippen molar-refractivity contribution < 1.29 is 150 Å². The van der Waals surface area contributed by atoms with Crippen LogP contribution in [0.25, 0.3) is 0 Å². The van der Waals surface area contributed by atoms with Crippen LogP contribution >= 0.6 is 11.1 Å². The van der Waals surface area contributed by atoms with Crippen molar-refractivity contribution in [3.63, 3.8) is 0 Å². The minimum absolute atomic E-state index is 0. The van der Waals surface area contributed by atoms with Gasteiger partial charge in [-0.1, -0.05) is 96.2 Å². The fraction of sp³-hybridized carbons (Fsp3) is 0.778. The van der Waals surface area contributed by atoms with Crippen LogP contribution in [0.5, 0.6) is 29.0 Å². The number of piperidine rings is 2. The number of aliphatic hydroxyl groups excluding tert-OH is 5. The average molecular weight is 2060 g/mol. The molecule has 32 nitrogen and oxygen atoms in total. The van der Waals surface area contributed by atoms with Crippen molar-refractivity contribution in [2.45, 2.75) is 398 Å². The third-order valence-electron chi connectivity index (χ3n) is 26.0. The van der Waals surface area contributed by atoms with Gasteiger partial charge in [-0.05, 0) is 278 Å². The van der Waals surface area contributed by atoms with Crippen LogP contribution < -0.4 is 63.9 Å². The summed E-state index contributed by atoms with van der Waals surface area (Å²) >= 11 is 6.15. The van der Waals surface area contributed by atoms with Crippen LogP contribution in [0.15, 0.2) is 36.8 Å². The van der Waals surface area contributed by atoms with E-state index in [0.717, 1.165) is 129 Å². The molecule has 10 rings (SSSR count). The summed E-state index contributed by atoms with van der Waals surface area (Å²) in [5.41, 5.74) is -0.353. The molecule has 0 bridgehead atoms. The second kappa shape index (κ2) is 66.4. The molecule has 0 aromatic carbocycles. The van der Waals surface area contributed by atoms with Crippen molar-refractivity contribution in [3.8, 4) is 47.2 Å². The normalized spacial score (nSPS) is 22.0. The van der Waals surface area contributed by atoms with E-state index >= 15 is 0 Å². The standard InChI is InChI=1S/C20H32N2O3Si.C19H31N3O3Si.C13H28O2Si.C10H18O5.C7H5FN2O.C7H12O3.C7H14O2.C6H15ClSi.C6H11NO3.C4H8O.B.Na.H2O/c1-20(2,3)26(5,6)24-14-15-7-9-17(10-8-15)25-19-18(23-4)16(13-21)11-12-22-19;1-19(2,3)26(5,6)24-13-15-7-8-16(12-22-15)25-18-17(23-4)14(11-20)9-10-21-18;1-13(2,3)16(4,5)15-10-11-6-8-12(14)9-7-11;1-9(2,3)14-7(11)13-8(12)15-10(4,5)6;1-11-6-5(4-9)2-3-10-7(6)8;8-6-3-1-5(2-4-6)7(9)10;8-5-6-1-3-7(9)4-2-6;1-6(2,3)8(4,5)7;8-4-1-2-5(6(9)10)7-3-4;1-2-4-5-3-1;;;/h11-12,15,17H,7-10,14H2,1-6H3;9-10,15-16,22H,7-8,12-13H2,1-6H3;11-12,14H,6-10H2,1-5H3;1-6H3;2-3H,1H3;5-6,8H,1-4H2,(H,9,10);6-9H,1-5H2;1-5H3;4-5,7-8H,1-3H2,(H,9,10);1-4H2;;;1H2/q;;;;;;;;;;;+1;/p-1/t;15-,16+;;;;;;;4-,5+;;;;/m.0......1..../s1. The van der Waals surface area contributed by atoms with Gasteiger partial charge >= 0.3 is 53.8 Å². The van der Waals surface area contributed by atoms with Gasteiger partial charge in [0.05, 0.1) is 51.7 Å². The molecule has 0 unspecified atom stereocenters. The van der Waals surface area contributed by atoms with Crippen molar-refractivity contribution in [1.29, 1.82) is 15.8 Å². The fourth-order valence-corrected chi connectivity index (χ4v) is 16.1. The van der Waals surface area contributed by atoms with Gasteiger partial charge in [0, 0.05) is 85.8 Å². The number of β-amino-alcohol motifs (C(OH)–C–C–N with tert-alkyl or cyclic N) is 1. The molecule has 3 aliphatic heterocycles. The summed E-state index contributed by atoms with van der Waals surface area (Å²) in [6.07, 6.45) is 21.9. The molecule has 3 aromatic heterocycles. The first-order valence-corrected chi connectivity index (χ1v) is 60.9. The second-order valence-electron chi connectivity index (χ2n) is 43.8. The number of halogens is 2. The third kappa shape index (κ3) is 56.5. The van der Waals surface area contributed by atoms with Crippen molar-refractivity contribution in [2.24, 2.45) is 23.7 Å². The number of aliphatic carboxylic acids is 2. The van der Waals surface area contributed by atoms with Gasteiger partial charge in [0.25, 0.3) is 17.7 Å². The molecule has 10 N–H and O–H groups in total. The minimum Gasteiger partial charge on any atom is -0.870 e. The van der Waals surface area contributed by atoms with Crippen molar-refractivity contribution in [2.75, 3.05) is 74.1 Å². The van der Waals surface area contributed by atoms with Crippen LogP contribution in [-0.4, -0.2) is 255 Å². The molecule has 7 aliphatic rings. The first kappa shape index (κ1) is 137. The van der Waals surface area contributed by atoms with E-state index in [2.05, 4.69) is 183 Å². The largest absolute Gasteiger partial charge is 1.00 e. The van der Waals surface area contributed by atoms with E-state index in [0.29, 0.717) is 120 Å². The predicted octanol–water partition coefficient (Wildman–Crippen LogP) is 16.7. The first-order chi connectivity index (χ1) is 62.8. The predicted molar refractivity (Wildman–Crippen MR) is 545 cm³/mol. The number of hydrogen-bond donors (Lipinski definition) is 9. The number of nitriles is 3. The summed E-state index contributed by atoms with van der Waals surface area (Å²) in [5, 5.41) is 96.3. The Hall–Kier alpha value is -5.73. The van der Waals surface area contributed by atoms with E-state index in [-0.39, 0.29) is 107 Å². The number of carbonyl (C=O) groups is 4. The molecule has 4 atom stereocenters. The van der Waals surface area contributed by atoms with E-state index in [1.165, 1.54) is 39.3 Å². The molecular weight excluding hydrogens is 1890 g/mol. The van der Waals surface area contributed by atoms with Gasteiger partial charge in [-0.15, -0.1) is 0 Å². The molecular formula is C99H175BClFN8NaO24Si4. The molecule has 6 heterocycles. The number of aromatic nitrogens is 3. The van der Waals surface area contributed by atoms with Crippen LogP contribution in [0.1, 0.15) is 283 Å². The molecule has 7 fully saturated rings. The maximum atomic E-state index is 12.7. The molecule has 40 heteroatoms. The molecule has 139 heavy (non-hydrogen) atoms. The van der Waals surface area contributed by atoms with E-state index < -0.39 is 79.8 Å². The average Bonchev–Trinajstić information content (AvgIpc) is 0.973. The maximum absolute atomic E-state index is 12.7. The Kier molecular flexibility index (Phi) is 65.6. The Morgan fingerprint density at radius 2 is 0.806 bits per heavy atom. The number of rotatable bonds is 19. The van der Waals surface area contributed by atoms with Crippen LogP contribution in [0.4, 0.5) is 14.0 Å². The molecule has 0 spiro atoms. The van der Waals surface area contributed by atoms with Crippen LogP contribution in [0.3, 0.4) is 0 Å². The van der Waals surface area contributed by atoms with Gasteiger partial charge in [-0.25, -0.2) is 24.5 Å². The number of aliphatic hydroxyl groups is 5. The van der Waals surface area contributed by atoms with Crippen LogP contribution in [0, 0.1) is 63.6 Å². The summed E-state index contributed by atoms with van der Waals surface area (Å²) in [5.74, 6) is 0.776. The fourth-order valence-electron chi connectivity index (χ4n) is 12.9. The first-order valence-electron chi connectivity index (χ1n) is 48.2. The number of pyridine rings is 3. The summed E-state index contributed by atoms with van der Waals surface area (Å²) in [6, 6.07) is 10.6. The quantitative estimate of drug-likeness (QED) is 0.0177. The van der Waals surface area contributed by atoms with Crippen molar-refractivity contribution in [3.05, 3.63) is 59.4 Å². The molecule has 3 aromatic rings. The number of carboxylic acids is 2. The number of hydrogen-bond acceptors (Lipinski definition) is 30. The minimum atomic E-state index is -1.72. The molecule has 4 aliphatic carbocycles. The Balaban J connectivity index is -0.00000153. The molecule has 789 valence electrons. The Morgan fingerprint density at radius 3 is 1.10 bits per heavy atom. The topological polar surface area (TPSA) is 485 Å². The van der Waals surface area contributed by atoms with Gasteiger partial charge in [-0.3, -0.25) is 9.59 Å². The zero-order chi connectivity index (χ0) is 104. The van der Waals surface area contributed by atoms with Gasteiger partial charge in [0.15, 0.2) is 49.6 Å². The number of carboxylic acid groups (broad SMARTS) is 2. The smallest absolute Gasteiger partial charge is 0.870 e. The zero-order valence-corrected chi connectivity index (χ0v) is 96.5. The number of methoxy groups -OCH3 is 3. The SMILES string of the molecule is C1CCOC1.CC(C)(C)OC(=O)OC(=O)OC(C)(C)C.CC(C)(C)[Si](C)(C)Cl.CC(C)(C)[Si](C)(C)OCC1CCC(O)CC1.COc1c(C#N)ccnc1F.COc1c(C#N)ccnc1OC1CCC(CO[Si](C)(C)C(C)(C)C)CC1.COc1c(C#N)ccnc1O[C@@H]1CC[C@@H](CO[Si](C)(C)C(C)(C)C)NC1.O=C(O)C1CCC(O)CC1.O=C(O)[C@@H]1CC[C@@H](O)CN1.OCC1CCC(O)CC1.[B].[Na+].[OH-]. The van der Waals surface area contributed by atoms with E-state index in [1.807, 2.05) is 0 Å². The maximum Gasteiger partial charge on any atom is 1.00 e. The number of nitrogens with one attached hydrogen (secondary N) is 2. The number of nitrogens with zero attached hydrogens (tertiary/aromatic N) is 6. The zero-order valence-electron chi connectivity index (χ0n) is 89.7. The van der Waals surface area contributed by atoms with E-state index in [1.54, 1.807) is 79.2 Å². The number of carbonyl (C=O) groups excluding carboxylic acids is 2. The number of ether oxygens (including phenoxy) is 9. The summed E-state index contributed by atoms with van der Waals surface area (Å²) in [7, 11) is -1.99. The Morgan fingerprint density at radius 1 is 0.468 bits per heavy atom. The Bertz CT molecular complexity index is 3870. The summed E-state index contributed by atoms with van der Waals surface area (Å²) in [6.45, 7) is 61.1. The van der Waals surface area contributed by atoms with Crippen molar-refractivity contribution in [1.82, 2.24) is 25.6 Å². The van der Waals surface area contributed by atoms with Gasteiger partial charge in [-0.2, -0.15) is 31.3 Å². The second-order valence-corrected chi connectivity index (χ2v) is 65.5. The van der Waals surface area contributed by atoms with E-state index in [9.17, 15) is 33.9 Å². The third-order valence-corrected chi connectivity index (χ3v) is 44.8. The molecule has 0 amide bonds. The molecule has 4 saturated carbocycles. The summed E-state index contributed by atoms with van der Waals surface area (Å²) < 4.78 is 77.6. The van der Waals surface area contributed by atoms with Crippen LogP contribution in [0.2, 0.25) is 72.5 Å². The van der Waals surface area contributed by atoms with E-state index in [4.69, 9.17) is 98.7 Å². The van der Waals surface area contributed by atoms with Gasteiger partial charge in [0.1, 0.15) is 64.3 Å².